The number of nitrogens with one attached hydrogen (secondary N) is 1. The molecule has 1 aromatic heterocycles. The summed E-state index contributed by atoms with van der Waals surface area (Å²) < 4.78 is 6.42. The molecule has 1 aliphatic rings. The van der Waals surface area contributed by atoms with Crippen LogP contribution in [0.3, 0.4) is 0 Å². The van der Waals surface area contributed by atoms with Crippen LogP contribution in [0.4, 0.5) is 0 Å². The third-order valence-electron chi connectivity index (χ3n) is 2.46. The molecule has 0 spiro atoms. The zero-order chi connectivity index (χ0) is 10.9. The molecule has 1 N–H and O–H groups in total. The molecule has 2 heterocycles. The van der Waals surface area contributed by atoms with Crippen LogP contribution in [0, 0.1) is 2.88 Å². The number of hydrogen-bond donors (Lipinski definition) is 1. The summed E-state index contributed by atoms with van der Waals surface area (Å²) in [4.78, 5) is 11.9. The lowest BCUT2D eigenvalue weighted by molar-refractivity contribution is 0.0890. The highest BCUT2D eigenvalue weighted by atomic mass is 127. The molecule has 0 radical (unpaired) electrons. The minimum absolute atomic E-state index is 0.00201. The molecular weight excluding hydrogens is 325 g/mol. The summed E-state index contributed by atoms with van der Waals surface area (Å²) in [5, 5.41) is 4.91. The Balaban J connectivity index is 2.03. The molecule has 0 aliphatic carbocycles. The average Bonchev–Trinajstić information content (AvgIpc) is 2.75. The maximum atomic E-state index is 11.9. The molecule has 1 fully saturated rings. The monoisotopic (exact) mass is 337 g/mol. The Morgan fingerprint density at radius 1 is 1.73 bits per heavy atom. The summed E-state index contributed by atoms with van der Waals surface area (Å²) >= 11 is 3.80. The Hall–Kier alpha value is -0.140. The quantitative estimate of drug-likeness (QED) is 0.841. The summed E-state index contributed by atoms with van der Waals surface area (Å²) in [7, 11) is 0. The Morgan fingerprint density at radius 3 is 3.07 bits per heavy atom. The van der Waals surface area contributed by atoms with E-state index in [0.29, 0.717) is 6.61 Å². The van der Waals surface area contributed by atoms with E-state index in [1.165, 1.54) is 0 Å². The summed E-state index contributed by atoms with van der Waals surface area (Å²) in [6, 6.07) is 1.90. The van der Waals surface area contributed by atoms with Gasteiger partial charge < -0.3 is 10.1 Å². The van der Waals surface area contributed by atoms with Crippen LogP contribution >= 0.6 is 33.9 Å². The second-order valence-corrected chi connectivity index (χ2v) is 6.76. The van der Waals surface area contributed by atoms with Gasteiger partial charge in [0, 0.05) is 12.0 Å². The zero-order valence-corrected chi connectivity index (χ0v) is 11.4. The van der Waals surface area contributed by atoms with Crippen molar-refractivity contribution in [2.24, 2.45) is 0 Å². The van der Waals surface area contributed by atoms with Gasteiger partial charge in [0.05, 0.1) is 20.6 Å². The molecule has 0 bridgehead atoms. The molecule has 1 aliphatic heterocycles. The van der Waals surface area contributed by atoms with Crippen LogP contribution < -0.4 is 5.32 Å². The number of hydrogen-bond acceptors (Lipinski definition) is 3. The number of thiophene rings is 1. The van der Waals surface area contributed by atoms with Crippen LogP contribution in [-0.4, -0.2) is 24.7 Å². The number of carbonyl (C=O) groups is 1. The van der Waals surface area contributed by atoms with Gasteiger partial charge in [-0.15, -0.1) is 11.3 Å². The molecule has 1 saturated heterocycles. The molecule has 0 aromatic carbocycles. The lowest BCUT2D eigenvalue weighted by atomic mass is 10.0. The van der Waals surface area contributed by atoms with Crippen LogP contribution in [0.15, 0.2) is 11.4 Å². The molecule has 5 heteroatoms. The SMILES string of the molecule is CC1(NC(=O)c2csc(I)c2)CCOC1. The predicted molar refractivity (Wildman–Crippen MR) is 68.3 cm³/mol. The number of ether oxygens (including phenoxy) is 1. The first-order valence-corrected chi connectivity index (χ1v) is 6.69. The number of amides is 1. The summed E-state index contributed by atoms with van der Waals surface area (Å²) in [6.07, 6.45) is 0.889. The Morgan fingerprint density at radius 2 is 2.53 bits per heavy atom. The Labute approximate surface area is 106 Å². The molecule has 1 atom stereocenters. The topological polar surface area (TPSA) is 38.3 Å². The van der Waals surface area contributed by atoms with Crippen molar-refractivity contribution in [3.05, 3.63) is 19.9 Å². The van der Waals surface area contributed by atoms with Crippen LogP contribution in [0.2, 0.25) is 0 Å². The van der Waals surface area contributed by atoms with Crippen molar-refractivity contribution >= 4 is 39.8 Å². The third kappa shape index (κ3) is 2.70. The predicted octanol–water partition coefficient (Wildman–Crippen LogP) is 2.26. The van der Waals surface area contributed by atoms with Crippen molar-refractivity contribution in [1.82, 2.24) is 5.32 Å². The van der Waals surface area contributed by atoms with Gasteiger partial charge in [0.1, 0.15) is 0 Å². The van der Waals surface area contributed by atoms with E-state index in [2.05, 4.69) is 27.9 Å². The van der Waals surface area contributed by atoms with E-state index in [0.717, 1.165) is 21.5 Å². The maximum absolute atomic E-state index is 11.9. The van der Waals surface area contributed by atoms with Crippen molar-refractivity contribution in [3.63, 3.8) is 0 Å². The zero-order valence-electron chi connectivity index (χ0n) is 8.38. The Bertz CT molecular complexity index is 371. The van der Waals surface area contributed by atoms with E-state index in [4.69, 9.17) is 4.74 Å². The lowest BCUT2D eigenvalue weighted by Crippen LogP contribution is -2.46. The van der Waals surface area contributed by atoms with Crippen LogP contribution in [0.1, 0.15) is 23.7 Å². The lowest BCUT2D eigenvalue weighted by Gasteiger charge is -2.23. The van der Waals surface area contributed by atoms with Gasteiger partial charge >= 0.3 is 0 Å². The minimum atomic E-state index is -0.190. The van der Waals surface area contributed by atoms with E-state index >= 15 is 0 Å². The summed E-state index contributed by atoms with van der Waals surface area (Å²) in [6.45, 7) is 3.37. The Kier molecular flexibility index (Phi) is 3.32. The van der Waals surface area contributed by atoms with E-state index in [1.807, 2.05) is 18.4 Å². The van der Waals surface area contributed by atoms with Gasteiger partial charge in [0.2, 0.25) is 0 Å². The third-order valence-corrected chi connectivity index (χ3v) is 4.25. The second-order valence-electron chi connectivity index (χ2n) is 3.96. The molecule has 82 valence electrons. The average molecular weight is 337 g/mol. The van der Waals surface area contributed by atoms with Crippen molar-refractivity contribution in [3.8, 4) is 0 Å². The smallest absolute Gasteiger partial charge is 0.252 e. The van der Waals surface area contributed by atoms with Crippen LogP contribution in [0.5, 0.6) is 0 Å². The fourth-order valence-electron chi connectivity index (χ4n) is 1.54. The molecule has 1 amide bonds. The van der Waals surface area contributed by atoms with Crippen LogP contribution in [0.25, 0.3) is 0 Å². The minimum Gasteiger partial charge on any atom is -0.379 e. The standard InChI is InChI=1S/C10H12INO2S/c1-10(2-3-14-6-10)12-9(13)7-4-8(11)15-5-7/h4-5H,2-3,6H2,1H3,(H,12,13). The van der Waals surface area contributed by atoms with E-state index < -0.39 is 0 Å². The molecule has 1 unspecified atom stereocenters. The first-order valence-electron chi connectivity index (χ1n) is 4.73. The fourth-order valence-corrected chi connectivity index (χ4v) is 2.87. The van der Waals surface area contributed by atoms with Gasteiger partial charge in [-0.05, 0) is 42.0 Å². The number of carbonyl (C=O) groups excluding carboxylic acids is 1. The van der Waals surface area contributed by atoms with Gasteiger partial charge in [-0.25, -0.2) is 0 Å². The highest BCUT2D eigenvalue weighted by Crippen LogP contribution is 2.20. The van der Waals surface area contributed by atoms with Crippen molar-refractivity contribution < 1.29 is 9.53 Å². The van der Waals surface area contributed by atoms with Gasteiger partial charge in [-0.2, -0.15) is 0 Å². The molecule has 1 aromatic rings. The van der Waals surface area contributed by atoms with Crippen molar-refractivity contribution in [1.29, 1.82) is 0 Å². The summed E-state index contributed by atoms with van der Waals surface area (Å²) in [5.74, 6) is 0.00201. The molecule has 3 nitrogen and oxygen atoms in total. The van der Waals surface area contributed by atoms with E-state index in [1.54, 1.807) is 11.3 Å². The van der Waals surface area contributed by atoms with E-state index in [9.17, 15) is 4.79 Å². The first-order chi connectivity index (χ1) is 7.09. The molecular formula is C10H12INO2S. The van der Waals surface area contributed by atoms with Crippen LogP contribution in [-0.2, 0) is 4.74 Å². The maximum Gasteiger partial charge on any atom is 0.252 e. The van der Waals surface area contributed by atoms with Gasteiger partial charge in [0.25, 0.3) is 5.91 Å². The van der Waals surface area contributed by atoms with E-state index in [-0.39, 0.29) is 11.4 Å². The molecule has 0 saturated carbocycles. The fraction of sp³-hybridized carbons (Fsp3) is 0.500. The number of rotatable bonds is 2. The van der Waals surface area contributed by atoms with Gasteiger partial charge in [-0.1, -0.05) is 0 Å². The first kappa shape index (κ1) is 11.3. The number of halogens is 1. The normalized spacial score (nSPS) is 25.5. The molecule has 2 rings (SSSR count). The van der Waals surface area contributed by atoms with Gasteiger partial charge in [-0.3, -0.25) is 4.79 Å². The highest BCUT2D eigenvalue weighted by Gasteiger charge is 2.31. The molecule has 15 heavy (non-hydrogen) atoms. The second kappa shape index (κ2) is 4.39. The largest absolute Gasteiger partial charge is 0.379 e. The van der Waals surface area contributed by atoms with Crippen molar-refractivity contribution in [2.75, 3.05) is 13.2 Å². The van der Waals surface area contributed by atoms with Gasteiger partial charge in [0.15, 0.2) is 0 Å². The van der Waals surface area contributed by atoms with Crippen molar-refractivity contribution in [2.45, 2.75) is 18.9 Å². The summed E-state index contributed by atoms with van der Waals surface area (Å²) in [5.41, 5.74) is 0.558. The highest BCUT2D eigenvalue weighted by molar-refractivity contribution is 14.1.